The van der Waals surface area contributed by atoms with Crippen molar-refractivity contribution in [3.05, 3.63) is 42.5 Å². The summed E-state index contributed by atoms with van der Waals surface area (Å²) in [6.07, 6.45) is 1.71. The summed E-state index contributed by atoms with van der Waals surface area (Å²) >= 11 is 0. The van der Waals surface area contributed by atoms with Gasteiger partial charge in [0.25, 0.3) is 0 Å². The summed E-state index contributed by atoms with van der Waals surface area (Å²) in [6.45, 7) is 9.55. The Balaban J connectivity index is 2.72. The van der Waals surface area contributed by atoms with Gasteiger partial charge in [-0.3, -0.25) is 4.79 Å². The summed E-state index contributed by atoms with van der Waals surface area (Å²) in [4.78, 5) is 16.0. The predicted molar refractivity (Wildman–Crippen MR) is 96.1 cm³/mol. The molecule has 1 rings (SSSR count). The molecule has 0 saturated carbocycles. The standard InChI is InChI=1S/C18H27N3O3/c1-5-11-24-16-10-8-7-9-15(16)13-21-18(19-6-2)20-12-14(3)17(22)23-4/h5,7-10,14H,1,6,11-13H2,2-4H3,(H2,19,20,21). The Labute approximate surface area is 144 Å². The molecule has 6 heteroatoms. The minimum absolute atomic E-state index is 0.248. The highest BCUT2D eigenvalue weighted by Gasteiger charge is 2.13. The number of methoxy groups -OCH3 is 1. The van der Waals surface area contributed by atoms with Crippen molar-refractivity contribution >= 4 is 11.9 Å². The molecule has 0 radical (unpaired) electrons. The van der Waals surface area contributed by atoms with Crippen molar-refractivity contribution in [2.45, 2.75) is 20.4 Å². The van der Waals surface area contributed by atoms with Gasteiger partial charge in [0.1, 0.15) is 12.4 Å². The monoisotopic (exact) mass is 333 g/mol. The van der Waals surface area contributed by atoms with Crippen molar-refractivity contribution in [2.75, 3.05) is 26.8 Å². The van der Waals surface area contributed by atoms with Gasteiger partial charge in [0.05, 0.1) is 19.6 Å². The fourth-order valence-corrected chi connectivity index (χ4v) is 1.96. The van der Waals surface area contributed by atoms with Crippen LogP contribution in [0.2, 0.25) is 0 Å². The Morgan fingerprint density at radius 3 is 2.79 bits per heavy atom. The SMILES string of the molecule is C=CCOc1ccccc1CN=C(NCC)NCC(C)C(=O)OC. The first-order chi connectivity index (χ1) is 11.6. The van der Waals surface area contributed by atoms with E-state index < -0.39 is 0 Å². The highest BCUT2D eigenvalue weighted by molar-refractivity contribution is 5.80. The van der Waals surface area contributed by atoms with E-state index in [2.05, 4.69) is 22.2 Å². The van der Waals surface area contributed by atoms with Crippen molar-refractivity contribution in [1.29, 1.82) is 0 Å². The number of nitrogens with zero attached hydrogens (tertiary/aromatic N) is 1. The Kier molecular flexibility index (Phi) is 9.04. The van der Waals surface area contributed by atoms with Crippen LogP contribution in [0, 0.1) is 5.92 Å². The van der Waals surface area contributed by atoms with Crippen LogP contribution in [0.1, 0.15) is 19.4 Å². The van der Waals surface area contributed by atoms with Crippen LogP contribution in [-0.4, -0.2) is 38.7 Å². The quantitative estimate of drug-likeness (QED) is 0.313. The second-order valence-corrected chi connectivity index (χ2v) is 5.21. The summed E-state index contributed by atoms with van der Waals surface area (Å²) in [5.41, 5.74) is 0.984. The maximum Gasteiger partial charge on any atom is 0.310 e. The lowest BCUT2D eigenvalue weighted by Crippen LogP contribution is -2.40. The van der Waals surface area contributed by atoms with Crippen molar-refractivity contribution < 1.29 is 14.3 Å². The normalized spacial score (nSPS) is 12.2. The fourth-order valence-electron chi connectivity index (χ4n) is 1.96. The van der Waals surface area contributed by atoms with E-state index in [1.165, 1.54) is 7.11 Å². The zero-order valence-electron chi connectivity index (χ0n) is 14.7. The molecule has 0 aliphatic carbocycles. The predicted octanol–water partition coefficient (Wildman–Crippen LogP) is 2.12. The minimum atomic E-state index is -0.249. The highest BCUT2D eigenvalue weighted by atomic mass is 16.5. The third-order valence-corrected chi connectivity index (χ3v) is 3.26. The van der Waals surface area contributed by atoms with Crippen LogP contribution in [0.5, 0.6) is 5.75 Å². The van der Waals surface area contributed by atoms with Gasteiger partial charge < -0.3 is 20.1 Å². The first kappa shape index (κ1) is 19.5. The summed E-state index contributed by atoms with van der Waals surface area (Å²) in [5.74, 6) is 0.940. The van der Waals surface area contributed by atoms with E-state index in [4.69, 9.17) is 9.47 Å². The van der Waals surface area contributed by atoms with Gasteiger partial charge in [0.15, 0.2) is 5.96 Å². The molecule has 0 fully saturated rings. The number of ether oxygens (including phenoxy) is 2. The summed E-state index contributed by atoms with van der Waals surface area (Å²) < 4.78 is 10.4. The highest BCUT2D eigenvalue weighted by Crippen LogP contribution is 2.18. The molecule has 1 aromatic carbocycles. The number of guanidine groups is 1. The number of para-hydroxylation sites is 1. The van der Waals surface area contributed by atoms with E-state index in [1.807, 2.05) is 31.2 Å². The van der Waals surface area contributed by atoms with Gasteiger partial charge in [-0.1, -0.05) is 37.8 Å². The molecule has 0 amide bonds. The Bertz CT molecular complexity index is 558. The van der Waals surface area contributed by atoms with Crippen molar-refractivity contribution in [2.24, 2.45) is 10.9 Å². The third kappa shape index (κ3) is 6.73. The van der Waals surface area contributed by atoms with E-state index in [0.717, 1.165) is 17.9 Å². The molecule has 0 saturated heterocycles. The van der Waals surface area contributed by atoms with E-state index in [1.54, 1.807) is 13.0 Å². The summed E-state index contributed by atoms with van der Waals surface area (Å²) in [7, 11) is 1.39. The number of hydrogen-bond acceptors (Lipinski definition) is 4. The van der Waals surface area contributed by atoms with Crippen molar-refractivity contribution in [3.63, 3.8) is 0 Å². The Morgan fingerprint density at radius 1 is 1.38 bits per heavy atom. The van der Waals surface area contributed by atoms with Crippen molar-refractivity contribution in [3.8, 4) is 5.75 Å². The second-order valence-electron chi connectivity index (χ2n) is 5.21. The van der Waals surface area contributed by atoms with Crippen LogP contribution in [0.4, 0.5) is 0 Å². The summed E-state index contributed by atoms with van der Waals surface area (Å²) in [5, 5.41) is 6.31. The lowest BCUT2D eigenvalue weighted by Gasteiger charge is -2.15. The molecule has 1 unspecified atom stereocenters. The van der Waals surface area contributed by atoms with Crippen LogP contribution in [0.25, 0.3) is 0 Å². The maximum atomic E-state index is 11.5. The number of carbonyl (C=O) groups is 1. The molecule has 6 nitrogen and oxygen atoms in total. The van der Waals surface area contributed by atoms with Gasteiger partial charge in [0.2, 0.25) is 0 Å². The lowest BCUT2D eigenvalue weighted by atomic mass is 10.2. The molecule has 1 aromatic rings. The fraction of sp³-hybridized carbons (Fsp3) is 0.444. The second kappa shape index (κ2) is 11.1. The van der Waals surface area contributed by atoms with Gasteiger partial charge in [-0.2, -0.15) is 0 Å². The molecule has 0 heterocycles. The molecular weight excluding hydrogens is 306 g/mol. The number of hydrogen-bond donors (Lipinski definition) is 2. The number of benzene rings is 1. The van der Waals surface area contributed by atoms with Gasteiger partial charge in [-0.25, -0.2) is 4.99 Å². The van der Waals surface area contributed by atoms with Crippen LogP contribution in [0.3, 0.4) is 0 Å². The van der Waals surface area contributed by atoms with E-state index in [9.17, 15) is 4.79 Å². The molecule has 132 valence electrons. The largest absolute Gasteiger partial charge is 0.489 e. The van der Waals surface area contributed by atoms with E-state index in [0.29, 0.717) is 25.7 Å². The Hall–Kier alpha value is -2.50. The van der Waals surface area contributed by atoms with Gasteiger partial charge in [-0.15, -0.1) is 0 Å². The molecule has 0 aliphatic rings. The molecule has 0 spiro atoms. The van der Waals surface area contributed by atoms with Gasteiger partial charge in [-0.05, 0) is 13.0 Å². The number of nitrogens with one attached hydrogen (secondary N) is 2. The lowest BCUT2D eigenvalue weighted by molar-refractivity contribution is -0.144. The zero-order chi connectivity index (χ0) is 17.8. The van der Waals surface area contributed by atoms with E-state index in [-0.39, 0.29) is 11.9 Å². The molecule has 0 aromatic heterocycles. The third-order valence-electron chi connectivity index (χ3n) is 3.26. The first-order valence-corrected chi connectivity index (χ1v) is 8.04. The van der Waals surface area contributed by atoms with Crippen LogP contribution < -0.4 is 15.4 Å². The van der Waals surface area contributed by atoms with Crippen LogP contribution in [0.15, 0.2) is 41.9 Å². The molecule has 0 bridgehead atoms. The topological polar surface area (TPSA) is 72.0 Å². The van der Waals surface area contributed by atoms with Gasteiger partial charge in [0, 0.05) is 18.7 Å². The molecule has 2 N–H and O–H groups in total. The van der Waals surface area contributed by atoms with E-state index >= 15 is 0 Å². The first-order valence-electron chi connectivity index (χ1n) is 8.04. The number of esters is 1. The smallest absolute Gasteiger partial charge is 0.310 e. The maximum absolute atomic E-state index is 11.5. The molecule has 1 atom stereocenters. The summed E-state index contributed by atoms with van der Waals surface area (Å²) in [6, 6.07) is 7.76. The van der Waals surface area contributed by atoms with Crippen LogP contribution >= 0.6 is 0 Å². The van der Waals surface area contributed by atoms with Gasteiger partial charge >= 0.3 is 5.97 Å². The number of aliphatic imine (C=N–C) groups is 1. The molecule has 24 heavy (non-hydrogen) atoms. The molecular formula is C18H27N3O3. The van der Waals surface area contributed by atoms with Crippen molar-refractivity contribution in [1.82, 2.24) is 10.6 Å². The minimum Gasteiger partial charge on any atom is -0.489 e. The average Bonchev–Trinajstić information content (AvgIpc) is 2.61. The molecule has 0 aliphatic heterocycles. The number of carbonyl (C=O) groups excluding carboxylic acids is 1. The zero-order valence-corrected chi connectivity index (χ0v) is 14.7. The Morgan fingerprint density at radius 2 is 2.12 bits per heavy atom. The van der Waals surface area contributed by atoms with Crippen LogP contribution in [-0.2, 0) is 16.1 Å². The average molecular weight is 333 g/mol. The number of rotatable bonds is 9.